The number of likely N-dealkylation sites (N-methyl/N-ethyl adjacent to an activating group) is 1. The molecule has 0 radical (unpaired) electrons. The zero-order valence-electron chi connectivity index (χ0n) is 13.6. The number of nitrogens with zero attached hydrogens (tertiary/aromatic N) is 2. The molecule has 0 bridgehead atoms. The van der Waals surface area contributed by atoms with E-state index in [0.717, 1.165) is 19.6 Å². The van der Waals surface area contributed by atoms with Crippen molar-refractivity contribution in [3.05, 3.63) is 36.4 Å². The van der Waals surface area contributed by atoms with Gasteiger partial charge in [-0.15, -0.1) is 0 Å². The molecule has 1 heterocycles. The van der Waals surface area contributed by atoms with Gasteiger partial charge in [-0.2, -0.15) is 4.31 Å². The average Bonchev–Trinajstić information content (AvgIpc) is 2.60. The Morgan fingerprint density at radius 1 is 1.00 bits per heavy atom. The van der Waals surface area contributed by atoms with Crippen molar-refractivity contribution in [3.8, 4) is 0 Å². The van der Waals surface area contributed by atoms with E-state index in [4.69, 9.17) is 0 Å². The Kier molecular flexibility index (Phi) is 4.94. The Labute approximate surface area is 142 Å². The Morgan fingerprint density at radius 3 is 2.21 bits per heavy atom. The normalized spacial score (nSPS) is 17.3. The summed E-state index contributed by atoms with van der Waals surface area (Å²) in [5, 5.41) is 20.1. The highest BCUT2D eigenvalue weighted by Crippen LogP contribution is 2.25. The summed E-state index contributed by atoms with van der Waals surface area (Å²) in [6.45, 7) is 5.36. The van der Waals surface area contributed by atoms with Gasteiger partial charge in [0.2, 0.25) is 10.0 Å². The second kappa shape index (κ2) is 6.82. The summed E-state index contributed by atoms with van der Waals surface area (Å²) in [5.74, 6) is 0. The number of hydrogen-bond acceptors (Lipinski definition) is 5. The molecule has 6 nitrogen and oxygen atoms in total. The average molecular weight is 348 g/mol. The second-order valence-corrected chi connectivity index (χ2v) is 7.82. The minimum absolute atomic E-state index is 0.215. The molecule has 2 aromatic rings. The van der Waals surface area contributed by atoms with Crippen LogP contribution in [0.25, 0.3) is 10.8 Å². The summed E-state index contributed by atoms with van der Waals surface area (Å²) in [4.78, 5) is 2.43. The minimum Gasteiger partial charge on any atom is -0.423 e. The van der Waals surface area contributed by atoms with Gasteiger partial charge in [0.25, 0.3) is 0 Å². The molecule has 0 aliphatic carbocycles. The van der Waals surface area contributed by atoms with Gasteiger partial charge in [0.15, 0.2) is 0 Å². The smallest absolute Gasteiger partial charge is 0.423 e. The van der Waals surface area contributed by atoms with Crippen LogP contribution in [0.4, 0.5) is 0 Å². The van der Waals surface area contributed by atoms with E-state index in [1.807, 2.05) is 0 Å². The molecule has 1 aliphatic heterocycles. The lowest BCUT2D eigenvalue weighted by atomic mass is 9.77. The van der Waals surface area contributed by atoms with Gasteiger partial charge in [0.05, 0.1) is 4.90 Å². The number of piperazine rings is 1. The molecule has 2 aromatic carbocycles. The third kappa shape index (κ3) is 3.08. The lowest BCUT2D eigenvalue weighted by molar-refractivity contribution is 0.196. The number of fused-ring (bicyclic) bond motifs is 1. The SMILES string of the molecule is CCN1CCN(S(=O)(=O)c2ccc(B(O)O)c3ccccc23)CC1. The fourth-order valence-corrected chi connectivity index (χ4v) is 4.79. The van der Waals surface area contributed by atoms with Crippen molar-refractivity contribution in [1.29, 1.82) is 0 Å². The molecule has 3 rings (SSSR count). The van der Waals surface area contributed by atoms with Gasteiger partial charge >= 0.3 is 7.12 Å². The van der Waals surface area contributed by atoms with Crippen LogP contribution in [0, 0.1) is 0 Å². The standard InChI is InChI=1S/C16H21BN2O4S/c1-2-18-9-11-19(12-10-18)24(22,23)16-8-7-15(17(20)21)13-5-3-4-6-14(13)16/h3-8,20-21H,2,9-12H2,1H3. The largest absolute Gasteiger partial charge is 0.489 e. The third-order valence-corrected chi connectivity index (χ3v) is 6.55. The topological polar surface area (TPSA) is 81.1 Å². The molecule has 0 aromatic heterocycles. The predicted octanol–water partition coefficient (Wildman–Crippen LogP) is -0.154. The number of rotatable bonds is 4. The zero-order valence-corrected chi connectivity index (χ0v) is 14.4. The molecule has 24 heavy (non-hydrogen) atoms. The summed E-state index contributed by atoms with van der Waals surface area (Å²) in [7, 11) is -5.26. The van der Waals surface area contributed by atoms with Crippen LogP contribution >= 0.6 is 0 Å². The van der Waals surface area contributed by atoms with E-state index in [1.165, 1.54) is 16.4 Å². The molecule has 0 atom stereocenters. The Bertz CT molecular complexity index is 833. The summed E-state index contributed by atoms with van der Waals surface area (Å²) >= 11 is 0. The third-order valence-electron chi connectivity index (χ3n) is 4.59. The van der Waals surface area contributed by atoms with Gasteiger partial charge in [-0.1, -0.05) is 37.3 Å². The molecule has 2 N–H and O–H groups in total. The maximum atomic E-state index is 13.1. The maximum absolute atomic E-state index is 13.1. The summed E-state index contributed by atoms with van der Waals surface area (Å²) < 4.78 is 27.6. The first-order valence-corrected chi connectivity index (χ1v) is 9.49. The van der Waals surface area contributed by atoms with Crippen molar-refractivity contribution in [3.63, 3.8) is 0 Å². The molecule has 0 unspecified atom stereocenters. The number of sulfonamides is 1. The van der Waals surface area contributed by atoms with Gasteiger partial charge in [-0.05, 0) is 23.5 Å². The zero-order chi connectivity index (χ0) is 17.3. The fraction of sp³-hybridized carbons (Fsp3) is 0.375. The van der Waals surface area contributed by atoms with Crippen molar-refractivity contribution in [1.82, 2.24) is 9.21 Å². The summed E-state index contributed by atoms with van der Waals surface area (Å²) in [5.41, 5.74) is 0.306. The van der Waals surface area contributed by atoms with Crippen LogP contribution < -0.4 is 5.46 Å². The molecule has 8 heteroatoms. The van der Waals surface area contributed by atoms with Gasteiger partial charge in [0.1, 0.15) is 0 Å². The van der Waals surface area contributed by atoms with E-state index in [-0.39, 0.29) is 4.90 Å². The van der Waals surface area contributed by atoms with E-state index in [9.17, 15) is 18.5 Å². The van der Waals surface area contributed by atoms with Gasteiger partial charge in [-0.3, -0.25) is 0 Å². The number of benzene rings is 2. The number of hydrogen-bond donors (Lipinski definition) is 2. The van der Waals surface area contributed by atoms with E-state index in [1.54, 1.807) is 24.3 Å². The first-order valence-electron chi connectivity index (χ1n) is 8.05. The van der Waals surface area contributed by atoms with E-state index in [0.29, 0.717) is 29.3 Å². The van der Waals surface area contributed by atoms with Crippen LogP contribution in [0.1, 0.15) is 6.92 Å². The monoisotopic (exact) mass is 348 g/mol. The molecule has 0 spiro atoms. The minimum atomic E-state index is -3.62. The maximum Gasteiger partial charge on any atom is 0.489 e. The highest BCUT2D eigenvalue weighted by atomic mass is 32.2. The van der Waals surface area contributed by atoms with Gasteiger partial charge in [0, 0.05) is 31.6 Å². The molecule has 0 saturated carbocycles. The lowest BCUT2D eigenvalue weighted by Crippen LogP contribution is -2.48. The van der Waals surface area contributed by atoms with Crippen molar-refractivity contribution < 1.29 is 18.5 Å². The highest BCUT2D eigenvalue weighted by Gasteiger charge is 2.30. The van der Waals surface area contributed by atoms with Crippen molar-refractivity contribution in [2.24, 2.45) is 0 Å². The van der Waals surface area contributed by atoms with Gasteiger partial charge in [-0.25, -0.2) is 8.42 Å². The molecule has 1 fully saturated rings. The van der Waals surface area contributed by atoms with E-state index >= 15 is 0 Å². The van der Waals surface area contributed by atoms with Crippen molar-refractivity contribution >= 4 is 33.4 Å². The van der Waals surface area contributed by atoms with Crippen LogP contribution in [-0.2, 0) is 10.0 Å². The van der Waals surface area contributed by atoms with E-state index in [2.05, 4.69) is 11.8 Å². The molecule has 128 valence electrons. The first kappa shape index (κ1) is 17.4. The van der Waals surface area contributed by atoms with Crippen LogP contribution in [0.5, 0.6) is 0 Å². The van der Waals surface area contributed by atoms with Gasteiger partial charge < -0.3 is 14.9 Å². The molecule has 0 amide bonds. The second-order valence-electron chi connectivity index (χ2n) is 5.91. The molecular formula is C16H21BN2O4S. The Morgan fingerprint density at radius 2 is 1.62 bits per heavy atom. The Hall–Kier alpha value is -1.45. The van der Waals surface area contributed by atoms with Crippen LogP contribution in [0.3, 0.4) is 0 Å². The van der Waals surface area contributed by atoms with Crippen LogP contribution in [-0.4, -0.2) is 67.5 Å². The van der Waals surface area contributed by atoms with Crippen molar-refractivity contribution in [2.75, 3.05) is 32.7 Å². The predicted molar refractivity (Wildman–Crippen MR) is 94.6 cm³/mol. The van der Waals surface area contributed by atoms with E-state index < -0.39 is 17.1 Å². The van der Waals surface area contributed by atoms with Crippen LogP contribution in [0.15, 0.2) is 41.3 Å². The van der Waals surface area contributed by atoms with Crippen LogP contribution in [0.2, 0.25) is 0 Å². The van der Waals surface area contributed by atoms with Crippen molar-refractivity contribution in [2.45, 2.75) is 11.8 Å². The Balaban J connectivity index is 2.04. The molecule has 1 aliphatic rings. The molecular weight excluding hydrogens is 327 g/mol. The fourth-order valence-electron chi connectivity index (χ4n) is 3.17. The lowest BCUT2D eigenvalue weighted by Gasteiger charge is -2.33. The first-order chi connectivity index (χ1) is 11.4. The molecule has 1 saturated heterocycles. The summed E-state index contributed by atoms with van der Waals surface area (Å²) in [6, 6.07) is 9.86. The summed E-state index contributed by atoms with van der Waals surface area (Å²) in [6.07, 6.45) is 0. The quantitative estimate of drug-likeness (QED) is 0.751. The highest BCUT2D eigenvalue weighted by molar-refractivity contribution is 7.89.